The van der Waals surface area contributed by atoms with Gasteiger partial charge in [-0.3, -0.25) is 14.9 Å². The molecule has 0 bridgehead atoms. The van der Waals surface area contributed by atoms with E-state index in [0.29, 0.717) is 5.56 Å². The minimum Gasteiger partial charge on any atom is -0.369 e. The van der Waals surface area contributed by atoms with Crippen LogP contribution in [0.2, 0.25) is 0 Å². The van der Waals surface area contributed by atoms with Crippen molar-refractivity contribution in [3.8, 4) is 0 Å². The third kappa shape index (κ3) is 2.37. The Balaban J connectivity index is 1.96. The van der Waals surface area contributed by atoms with Crippen molar-refractivity contribution in [2.45, 2.75) is 12.5 Å². The Labute approximate surface area is 127 Å². The van der Waals surface area contributed by atoms with Crippen molar-refractivity contribution in [1.29, 1.82) is 0 Å². The molecule has 1 N–H and O–H groups in total. The zero-order valence-corrected chi connectivity index (χ0v) is 11.9. The highest BCUT2D eigenvalue weighted by Crippen LogP contribution is 2.30. The van der Waals surface area contributed by atoms with E-state index >= 15 is 0 Å². The Hall–Kier alpha value is -2.95. The molecule has 1 unspecified atom stereocenters. The van der Waals surface area contributed by atoms with E-state index in [9.17, 15) is 14.9 Å². The van der Waals surface area contributed by atoms with Crippen molar-refractivity contribution in [2.24, 2.45) is 0 Å². The molecular formula is C17H14N2O3. The highest BCUT2D eigenvalue weighted by atomic mass is 16.6. The van der Waals surface area contributed by atoms with Crippen LogP contribution in [0, 0.1) is 10.1 Å². The maximum Gasteiger partial charge on any atom is 0.270 e. The van der Waals surface area contributed by atoms with Crippen molar-refractivity contribution >= 4 is 23.2 Å². The molecule has 1 aliphatic rings. The first-order valence-corrected chi connectivity index (χ1v) is 6.85. The summed E-state index contributed by atoms with van der Waals surface area (Å²) in [7, 11) is 0. The number of carbonyl (C=O) groups excluding carboxylic acids is 1. The molecule has 3 rings (SSSR count). The van der Waals surface area contributed by atoms with Gasteiger partial charge in [0, 0.05) is 23.4 Å². The van der Waals surface area contributed by atoms with Gasteiger partial charge in [-0.25, -0.2) is 0 Å². The number of hydrogen-bond acceptors (Lipinski definition) is 4. The average Bonchev–Trinajstić information content (AvgIpc) is 2.54. The molecule has 2 aromatic rings. The first-order chi connectivity index (χ1) is 10.5. The first kappa shape index (κ1) is 14.0. The second-order valence-electron chi connectivity index (χ2n) is 5.38. The van der Waals surface area contributed by atoms with E-state index in [1.54, 1.807) is 19.1 Å². The smallest absolute Gasteiger partial charge is 0.270 e. The van der Waals surface area contributed by atoms with Crippen molar-refractivity contribution in [3.05, 3.63) is 75.8 Å². The van der Waals surface area contributed by atoms with Gasteiger partial charge in [-0.2, -0.15) is 0 Å². The standard InChI is InChI=1S/C17H14N2O3/c1-17(10-9-12-5-2-3-8-15(12)18-17)16(20)13-6-4-7-14(11-13)19(21)22/h2-11,18H,1H3. The molecule has 1 heterocycles. The predicted molar refractivity (Wildman–Crippen MR) is 84.9 cm³/mol. The summed E-state index contributed by atoms with van der Waals surface area (Å²) in [5.41, 5.74) is 1.17. The fraction of sp³-hybridized carbons (Fsp3) is 0.118. The van der Waals surface area contributed by atoms with Gasteiger partial charge in [-0.05, 0) is 18.6 Å². The molecule has 0 spiro atoms. The Morgan fingerprint density at radius 2 is 1.95 bits per heavy atom. The summed E-state index contributed by atoms with van der Waals surface area (Å²) in [5, 5.41) is 14.1. The zero-order valence-electron chi connectivity index (χ0n) is 11.9. The van der Waals surface area contributed by atoms with Crippen molar-refractivity contribution in [1.82, 2.24) is 0 Å². The first-order valence-electron chi connectivity index (χ1n) is 6.85. The molecule has 1 atom stereocenters. The molecule has 0 aromatic heterocycles. The number of fused-ring (bicyclic) bond motifs is 1. The number of non-ortho nitro benzene ring substituents is 1. The molecule has 0 saturated carbocycles. The van der Waals surface area contributed by atoms with E-state index in [4.69, 9.17) is 0 Å². The van der Waals surface area contributed by atoms with Crippen LogP contribution in [0.25, 0.3) is 6.08 Å². The van der Waals surface area contributed by atoms with E-state index in [-0.39, 0.29) is 11.5 Å². The van der Waals surface area contributed by atoms with Gasteiger partial charge in [-0.15, -0.1) is 0 Å². The number of para-hydroxylation sites is 1. The number of anilines is 1. The Morgan fingerprint density at radius 1 is 1.18 bits per heavy atom. The molecule has 5 nitrogen and oxygen atoms in total. The van der Waals surface area contributed by atoms with E-state index in [0.717, 1.165) is 11.3 Å². The van der Waals surface area contributed by atoms with Gasteiger partial charge < -0.3 is 5.32 Å². The molecule has 0 saturated heterocycles. The summed E-state index contributed by atoms with van der Waals surface area (Å²) in [6, 6.07) is 13.5. The number of nitro groups is 1. The van der Waals surface area contributed by atoms with Crippen LogP contribution in [0.15, 0.2) is 54.6 Å². The lowest BCUT2D eigenvalue weighted by atomic mass is 9.87. The molecule has 0 radical (unpaired) electrons. The number of nitrogens with zero attached hydrogens (tertiary/aromatic N) is 1. The lowest BCUT2D eigenvalue weighted by Crippen LogP contribution is -2.43. The number of benzene rings is 2. The minimum atomic E-state index is -0.927. The molecule has 22 heavy (non-hydrogen) atoms. The molecule has 1 aliphatic heterocycles. The number of rotatable bonds is 3. The monoisotopic (exact) mass is 294 g/mol. The third-order valence-electron chi connectivity index (χ3n) is 3.74. The Bertz CT molecular complexity index is 798. The van der Waals surface area contributed by atoms with E-state index < -0.39 is 10.5 Å². The van der Waals surface area contributed by atoms with Crippen LogP contribution in [-0.2, 0) is 0 Å². The highest BCUT2D eigenvalue weighted by molar-refractivity contribution is 6.08. The fourth-order valence-electron chi connectivity index (χ4n) is 2.53. The van der Waals surface area contributed by atoms with Gasteiger partial charge in [0.25, 0.3) is 5.69 Å². The number of nitrogens with one attached hydrogen (secondary N) is 1. The third-order valence-corrected chi connectivity index (χ3v) is 3.74. The topological polar surface area (TPSA) is 72.2 Å². The van der Waals surface area contributed by atoms with Crippen LogP contribution in [0.3, 0.4) is 0 Å². The summed E-state index contributed by atoms with van der Waals surface area (Å²) in [5.74, 6) is -0.207. The summed E-state index contributed by atoms with van der Waals surface area (Å²) in [6.07, 6.45) is 3.68. The second kappa shape index (κ2) is 5.11. The van der Waals surface area contributed by atoms with E-state index in [1.165, 1.54) is 18.2 Å². The number of ketones is 1. The summed E-state index contributed by atoms with van der Waals surface area (Å²) >= 11 is 0. The molecule has 110 valence electrons. The summed E-state index contributed by atoms with van der Waals surface area (Å²) in [4.78, 5) is 23.1. The van der Waals surface area contributed by atoms with Gasteiger partial charge in [-0.1, -0.05) is 42.5 Å². The summed E-state index contributed by atoms with van der Waals surface area (Å²) < 4.78 is 0. The molecule has 2 aromatic carbocycles. The lowest BCUT2D eigenvalue weighted by molar-refractivity contribution is -0.384. The lowest BCUT2D eigenvalue weighted by Gasteiger charge is -2.31. The summed E-state index contributed by atoms with van der Waals surface area (Å²) in [6.45, 7) is 1.76. The van der Waals surface area contributed by atoms with Crippen molar-refractivity contribution in [2.75, 3.05) is 5.32 Å². The normalized spacial score (nSPS) is 19.1. The van der Waals surface area contributed by atoms with Crippen LogP contribution in [0.1, 0.15) is 22.8 Å². The Kier molecular flexibility index (Phi) is 3.25. The number of hydrogen-bond donors (Lipinski definition) is 1. The van der Waals surface area contributed by atoms with Gasteiger partial charge in [0.1, 0.15) is 5.54 Å². The largest absolute Gasteiger partial charge is 0.369 e. The number of nitro benzene ring substituents is 1. The van der Waals surface area contributed by atoms with Gasteiger partial charge >= 0.3 is 0 Å². The zero-order chi connectivity index (χ0) is 15.7. The molecule has 5 heteroatoms. The second-order valence-corrected chi connectivity index (χ2v) is 5.38. The van der Waals surface area contributed by atoms with Crippen molar-refractivity contribution in [3.63, 3.8) is 0 Å². The molecule has 0 aliphatic carbocycles. The SMILES string of the molecule is CC1(C(=O)c2cccc([N+](=O)[O-])c2)C=Cc2ccccc2N1. The van der Waals surface area contributed by atoms with E-state index in [2.05, 4.69) is 5.32 Å². The fourth-order valence-corrected chi connectivity index (χ4v) is 2.53. The van der Waals surface area contributed by atoms with Gasteiger partial charge in [0.05, 0.1) is 4.92 Å². The van der Waals surface area contributed by atoms with Gasteiger partial charge in [0.2, 0.25) is 0 Å². The van der Waals surface area contributed by atoms with E-state index in [1.807, 2.05) is 30.3 Å². The molecule has 0 amide bonds. The maximum atomic E-state index is 12.8. The molecular weight excluding hydrogens is 280 g/mol. The van der Waals surface area contributed by atoms with Crippen LogP contribution in [0.5, 0.6) is 0 Å². The quantitative estimate of drug-likeness (QED) is 0.532. The number of Topliss-reactive ketones (excluding diaryl/α,β-unsaturated/α-hetero) is 1. The van der Waals surface area contributed by atoms with Crippen LogP contribution in [-0.4, -0.2) is 16.2 Å². The van der Waals surface area contributed by atoms with Gasteiger partial charge in [0.15, 0.2) is 5.78 Å². The average molecular weight is 294 g/mol. The predicted octanol–water partition coefficient (Wildman–Crippen LogP) is 3.68. The highest BCUT2D eigenvalue weighted by Gasteiger charge is 2.34. The van der Waals surface area contributed by atoms with Crippen LogP contribution in [0.4, 0.5) is 11.4 Å². The molecule has 0 fully saturated rings. The Morgan fingerprint density at radius 3 is 2.73 bits per heavy atom. The van der Waals surface area contributed by atoms with Crippen LogP contribution >= 0.6 is 0 Å². The van der Waals surface area contributed by atoms with Crippen molar-refractivity contribution < 1.29 is 9.72 Å². The number of carbonyl (C=O) groups is 1. The minimum absolute atomic E-state index is 0.0883. The van der Waals surface area contributed by atoms with Crippen LogP contribution < -0.4 is 5.32 Å². The maximum absolute atomic E-state index is 12.8.